The topological polar surface area (TPSA) is 105 Å². The van der Waals surface area contributed by atoms with Gasteiger partial charge in [0.1, 0.15) is 5.82 Å². The lowest BCUT2D eigenvalue weighted by Gasteiger charge is -2.27. The monoisotopic (exact) mass is 341 g/mol. The van der Waals surface area contributed by atoms with Crippen LogP contribution in [0.25, 0.3) is 11.3 Å². The lowest BCUT2D eigenvalue weighted by molar-refractivity contribution is -0.384. The normalized spacial score (nSPS) is 20.0. The molecule has 0 amide bonds. The van der Waals surface area contributed by atoms with E-state index in [1.807, 2.05) is 18.2 Å². The van der Waals surface area contributed by atoms with Gasteiger partial charge in [-0.3, -0.25) is 14.9 Å². The van der Waals surface area contributed by atoms with Gasteiger partial charge >= 0.3 is 5.97 Å². The van der Waals surface area contributed by atoms with E-state index in [0.29, 0.717) is 29.9 Å². The van der Waals surface area contributed by atoms with E-state index in [0.717, 1.165) is 12.8 Å². The van der Waals surface area contributed by atoms with Gasteiger partial charge in [-0.1, -0.05) is 30.3 Å². The summed E-state index contributed by atoms with van der Waals surface area (Å²) in [5.41, 5.74) is 0.980. The predicted molar refractivity (Wildman–Crippen MR) is 93.3 cm³/mol. The van der Waals surface area contributed by atoms with Crippen molar-refractivity contribution in [3.63, 3.8) is 0 Å². The molecule has 0 unspecified atom stereocenters. The first-order valence-electron chi connectivity index (χ1n) is 8.25. The highest BCUT2D eigenvalue weighted by molar-refractivity contribution is 5.71. The predicted octanol–water partition coefficient (Wildman–Crippen LogP) is 3.71. The van der Waals surface area contributed by atoms with Crippen molar-refractivity contribution in [1.82, 2.24) is 4.98 Å². The van der Waals surface area contributed by atoms with Crippen LogP contribution >= 0.6 is 0 Å². The van der Waals surface area contributed by atoms with Crippen LogP contribution in [0.5, 0.6) is 0 Å². The van der Waals surface area contributed by atoms with E-state index in [1.54, 1.807) is 18.2 Å². The van der Waals surface area contributed by atoms with Gasteiger partial charge in [-0.15, -0.1) is 0 Å². The molecule has 0 radical (unpaired) electrons. The molecule has 7 nitrogen and oxygen atoms in total. The van der Waals surface area contributed by atoms with E-state index in [4.69, 9.17) is 5.11 Å². The summed E-state index contributed by atoms with van der Waals surface area (Å²) in [6.45, 7) is 0. The number of benzene rings is 1. The summed E-state index contributed by atoms with van der Waals surface area (Å²) in [6.07, 6.45) is 2.75. The third kappa shape index (κ3) is 3.93. The Hall–Kier alpha value is -2.96. The molecule has 2 aromatic rings. The van der Waals surface area contributed by atoms with Crippen LogP contribution in [0.2, 0.25) is 0 Å². The van der Waals surface area contributed by atoms with E-state index >= 15 is 0 Å². The summed E-state index contributed by atoms with van der Waals surface area (Å²) in [5, 5.41) is 23.6. The van der Waals surface area contributed by atoms with Gasteiger partial charge in [0.05, 0.1) is 10.8 Å². The van der Waals surface area contributed by atoms with Crippen molar-refractivity contribution in [1.29, 1.82) is 0 Å². The number of nitro groups is 1. The molecule has 7 heteroatoms. The molecule has 25 heavy (non-hydrogen) atoms. The minimum Gasteiger partial charge on any atom is -0.481 e. The molecule has 0 atom stereocenters. The molecule has 0 aliphatic heterocycles. The number of aliphatic carboxylic acids is 1. The molecule has 1 aromatic carbocycles. The first-order chi connectivity index (χ1) is 12.0. The molecule has 0 spiro atoms. The third-order valence-corrected chi connectivity index (χ3v) is 4.55. The standard InChI is InChI=1S/C18H19N3O4/c22-18(23)13-6-8-14(9-7-13)19-16-11-10-15(21(24)25)17(20-16)12-4-2-1-3-5-12/h1-5,10-11,13-14H,6-9H2,(H,19,20)(H,22,23). The number of hydrogen-bond acceptors (Lipinski definition) is 5. The van der Waals surface area contributed by atoms with Gasteiger partial charge in [0.25, 0.3) is 5.69 Å². The molecular weight excluding hydrogens is 322 g/mol. The quantitative estimate of drug-likeness (QED) is 0.634. The fourth-order valence-electron chi connectivity index (χ4n) is 3.18. The molecule has 1 aromatic heterocycles. The van der Waals surface area contributed by atoms with E-state index < -0.39 is 10.9 Å². The Bertz CT molecular complexity index is 771. The Morgan fingerprint density at radius 2 is 1.80 bits per heavy atom. The molecule has 3 rings (SSSR count). The molecule has 1 saturated carbocycles. The Labute approximate surface area is 144 Å². The molecule has 2 N–H and O–H groups in total. The maximum absolute atomic E-state index is 11.3. The number of carboxylic acid groups (broad SMARTS) is 1. The molecule has 0 saturated heterocycles. The van der Waals surface area contributed by atoms with Crippen molar-refractivity contribution < 1.29 is 14.8 Å². The molecule has 130 valence electrons. The summed E-state index contributed by atoms with van der Waals surface area (Å²) >= 11 is 0. The van der Waals surface area contributed by atoms with Crippen molar-refractivity contribution >= 4 is 17.5 Å². The first-order valence-corrected chi connectivity index (χ1v) is 8.25. The number of anilines is 1. The van der Waals surface area contributed by atoms with Crippen LogP contribution < -0.4 is 5.32 Å². The van der Waals surface area contributed by atoms with Gasteiger partial charge in [0.15, 0.2) is 5.69 Å². The summed E-state index contributed by atoms with van der Waals surface area (Å²) < 4.78 is 0. The average molecular weight is 341 g/mol. The second-order valence-corrected chi connectivity index (χ2v) is 6.22. The third-order valence-electron chi connectivity index (χ3n) is 4.55. The van der Waals surface area contributed by atoms with E-state index in [9.17, 15) is 14.9 Å². The fraction of sp³-hybridized carbons (Fsp3) is 0.333. The Morgan fingerprint density at radius 3 is 2.40 bits per heavy atom. The largest absolute Gasteiger partial charge is 0.481 e. The zero-order valence-corrected chi connectivity index (χ0v) is 13.6. The van der Waals surface area contributed by atoms with E-state index in [1.165, 1.54) is 6.07 Å². The molecule has 1 aliphatic carbocycles. The minimum atomic E-state index is -0.738. The molecule has 1 fully saturated rings. The zero-order chi connectivity index (χ0) is 17.8. The molecule has 1 heterocycles. The van der Waals surface area contributed by atoms with Gasteiger partial charge in [0.2, 0.25) is 0 Å². The van der Waals surface area contributed by atoms with Crippen molar-refractivity contribution in [2.45, 2.75) is 31.7 Å². The lowest BCUT2D eigenvalue weighted by atomic mass is 9.86. The zero-order valence-electron chi connectivity index (χ0n) is 13.6. The Morgan fingerprint density at radius 1 is 1.12 bits per heavy atom. The van der Waals surface area contributed by atoms with Crippen LogP contribution in [0, 0.1) is 16.0 Å². The lowest BCUT2D eigenvalue weighted by Crippen LogP contribution is -2.29. The minimum absolute atomic E-state index is 0.0358. The highest BCUT2D eigenvalue weighted by Crippen LogP contribution is 2.31. The molecule has 1 aliphatic rings. The van der Waals surface area contributed by atoms with Gasteiger partial charge in [-0.2, -0.15) is 0 Å². The number of carbonyl (C=O) groups is 1. The van der Waals surface area contributed by atoms with Crippen LogP contribution in [-0.4, -0.2) is 27.0 Å². The highest BCUT2D eigenvalue weighted by Gasteiger charge is 2.26. The van der Waals surface area contributed by atoms with Crippen molar-refractivity contribution in [2.24, 2.45) is 5.92 Å². The number of nitrogens with one attached hydrogen (secondary N) is 1. The highest BCUT2D eigenvalue weighted by atomic mass is 16.6. The second kappa shape index (κ2) is 7.29. The van der Waals surface area contributed by atoms with Crippen molar-refractivity contribution in [3.05, 3.63) is 52.6 Å². The number of carboxylic acids is 1. The fourth-order valence-corrected chi connectivity index (χ4v) is 3.18. The van der Waals surface area contributed by atoms with Gasteiger partial charge < -0.3 is 10.4 Å². The van der Waals surface area contributed by atoms with Crippen LogP contribution in [0.4, 0.5) is 11.5 Å². The van der Waals surface area contributed by atoms with Crippen molar-refractivity contribution in [2.75, 3.05) is 5.32 Å². The first kappa shape index (κ1) is 16.9. The van der Waals surface area contributed by atoms with Crippen LogP contribution in [0.3, 0.4) is 0 Å². The number of aromatic nitrogens is 1. The van der Waals surface area contributed by atoms with Crippen LogP contribution in [0.1, 0.15) is 25.7 Å². The summed E-state index contributed by atoms with van der Waals surface area (Å²) in [5.74, 6) is -0.441. The number of nitrogens with zero attached hydrogens (tertiary/aromatic N) is 2. The molecular formula is C18H19N3O4. The van der Waals surface area contributed by atoms with E-state index in [-0.39, 0.29) is 17.6 Å². The Balaban J connectivity index is 1.79. The summed E-state index contributed by atoms with van der Waals surface area (Å²) in [6, 6.07) is 12.2. The number of rotatable bonds is 5. The van der Waals surface area contributed by atoms with Gasteiger partial charge in [0, 0.05) is 17.7 Å². The number of hydrogen-bond donors (Lipinski definition) is 2. The summed E-state index contributed by atoms with van der Waals surface area (Å²) in [7, 11) is 0. The smallest absolute Gasteiger partial charge is 0.306 e. The van der Waals surface area contributed by atoms with Crippen molar-refractivity contribution in [3.8, 4) is 11.3 Å². The van der Waals surface area contributed by atoms with Gasteiger partial charge in [-0.25, -0.2) is 4.98 Å². The van der Waals surface area contributed by atoms with Crippen LogP contribution in [-0.2, 0) is 4.79 Å². The maximum Gasteiger partial charge on any atom is 0.306 e. The maximum atomic E-state index is 11.3. The van der Waals surface area contributed by atoms with E-state index in [2.05, 4.69) is 10.3 Å². The molecule has 0 bridgehead atoms. The Kier molecular flexibility index (Phi) is 4.92. The average Bonchev–Trinajstić information content (AvgIpc) is 2.62. The van der Waals surface area contributed by atoms with Crippen LogP contribution in [0.15, 0.2) is 42.5 Å². The van der Waals surface area contributed by atoms with Gasteiger partial charge in [-0.05, 0) is 31.7 Å². The number of pyridine rings is 1. The second-order valence-electron chi connectivity index (χ2n) is 6.22. The summed E-state index contributed by atoms with van der Waals surface area (Å²) in [4.78, 5) is 26.3. The SMILES string of the molecule is O=C(O)C1CCC(Nc2ccc([N+](=O)[O-])c(-c3ccccc3)n2)CC1.